The van der Waals surface area contributed by atoms with Crippen LogP contribution in [0.2, 0.25) is 0 Å². The summed E-state index contributed by atoms with van der Waals surface area (Å²) >= 11 is 5.08. The van der Waals surface area contributed by atoms with Crippen molar-refractivity contribution in [3.05, 3.63) is 35.9 Å². The third-order valence-corrected chi connectivity index (χ3v) is 2.56. The Morgan fingerprint density at radius 3 is 2.47 bits per heavy atom. The average molecular weight is 255 g/mol. The SMILES string of the molecule is CCCCC(OC(=O)C(=O)Cl)c1ccccc1. The molecule has 0 aliphatic carbocycles. The fourth-order valence-corrected chi connectivity index (χ4v) is 1.57. The molecular weight excluding hydrogens is 240 g/mol. The second-order valence-electron chi connectivity index (χ2n) is 3.72. The summed E-state index contributed by atoms with van der Waals surface area (Å²) in [5.74, 6) is -0.989. The Kier molecular flexibility index (Phi) is 5.70. The molecule has 92 valence electrons. The van der Waals surface area contributed by atoms with Gasteiger partial charge in [-0.05, 0) is 30.0 Å². The Morgan fingerprint density at radius 1 is 1.29 bits per heavy atom. The first kappa shape index (κ1) is 13.7. The van der Waals surface area contributed by atoms with E-state index in [4.69, 9.17) is 16.3 Å². The van der Waals surface area contributed by atoms with Gasteiger partial charge in [-0.15, -0.1) is 0 Å². The van der Waals surface area contributed by atoms with Crippen molar-refractivity contribution in [1.82, 2.24) is 0 Å². The highest BCUT2D eigenvalue weighted by molar-refractivity contribution is 6.80. The molecule has 0 radical (unpaired) electrons. The number of rotatable bonds is 6. The molecule has 17 heavy (non-hydrogen) atoms. The lowest BCUT2D eigenvalue weighted by Crippen LogP contribution is -2.16. The molecule has 1 rings (SSSR count). The van der Waals surface area contributed by atoms with Crippen LogP contribution in [0.25, 0.3) is 0 Å². The number of halogens is 1. The fraction of sp³-hybridized carbons (Fsp3) is 0.385. The van der Waals surface area contributed by atoms with E-state index >= 15 is 0 Å². The molecule has 3 nitrogen and oxygen atoms in total. The molecule has 0 spiro atoms. The molecule has 0 aliphatic heterocycles. The maximum absolute atomic E-state index is 11.2. The highest BCUT2D eigenvalue weighted by Gasteiger charge is 2.20. The van der Waals surface area contributed by atoms with Crippen LogP contribution in [-0.4, -0.2) is 11.2 Å². The van der Waals surface area contributed by atoms with Crippen LogP contribution in [0.1, 0.15) is 37.9 Å². The maximum Gasteiger partial charge on any atom is 0.392 e. The number of carbonyl (C=O) groups is 2. The Labute approximate surface area is 106 Å². The molecule has 4 heteroatoms. The summed E-state index contributed by atoms with van der Waals surface area (Å²) in [6.45, 7) is 2.05. The maximum atomic E-state index is 11.2. The number of esters is 1. The smallest absolute Gasteiger partial charge is 0.392 e. The standard InChI is InChI=1S/C13H15ClO3/c1-2-3-9-11(17-13(16)12(14)15)10-7-5-4-6-8-10/h4-8,11H,2-3,9H2,1H3. The van der Waals surface area contributed by atoms with Crippen molar-refractivity contribution in [3.63, 3.8) is 0 Å². The molecule has 1 aromatic carbocycles. The molecule has 1 atom stereocenters. The summed E-state index contributed by atoms with van der Waals surface area (Å²) in [5, 5.41) is -1.08. The minimum absolute atomic E-state index is 0.397. The van der Waals surface area contributed by atoms with Crippen LogP contribution in [0.4, 0.5) is 0 Å². The van der Waals surface area contributed by atoms with Crippen molar-refractivity contribution in [2.45, 2.75) is 32.3 Å². The normalized spacial score (nSPS) is 11.9. The second-order valence-corrected chi connectivity index (χ2v) is 4.06. The molecule has 0 saturated heterocycles. The van der Waals surface area contributed by atoms with Crippen molar-refractivity contribution in [2.24, 2.45) is 0 Å². The Balaban J connectivity index is 2.74. The van der Waals surface area contributed by atoms with Crippen LogP contribution in [0.5, 0.6) is 0 Å². The van der Waals surface area contributed by atoms with Gasteiger partial charge in [-0.1, -0.05) is 43.7 Å². The lowest BCUT2D eigenvalue weighted by molar-refractivity contribution is -0.155. The lowest BCUT2D eigenvalue weighted by atomic mass is 10.0. The van der Waals surface area contributed by atoms with Gasteiger partial charge in [0.15, 0.2) is 0 Å². The van der Waals surface area contributed by atoms with Crippen molar-refractivity contribution in [2.75, 3.05) is 0 Å². The molecule has 0 amide bonds. The van der Waals surface area contributed by atoms with E-state index in [1.54, 1.807) is 0 Å². The molecular formula is C13H15ClO3. The van der Waals surface area contributed by atoms with Gasteiger partial charge in [-0.3, -0.25) is 4.79 Å². The molecule has 0 N–H and O–H groups in total. The van der Waals surface area contributed by atoms with E-state index in [0.717, 1.165) is 18.4 Å². The molecule has 1 aromatic rings. The Morgan fingerprint density at radius 2 is 1.94 bits per heavy atom. The van der Waals surface area contributed by atoms with Gasteiger partial charge in [0.05, 0.1) is 0 Å². The van der Waals surface area contributed by atoms with E-state index in [1.807, 2.05) is 30.3 Å². The predicted molar refractivity (Wildman–Crippen MR) is 65.7 cm³/mol. The highest BCUT2D eigenvalue weighted by atomic mass is 35.5. The highest BCUT2D eigenvalue weighted by Crippen LogP contribution is 2.23. The van der Waals surface area contributed by atoms with Gasteiger partial charge in [-0.2, -0.15) is 0 Å². The Hall–Kier alpha value is -1.35. The van der Waals surface area contributed by atoms with Gasteiger partial charge < -0.3 is 4.74 Å². The summed E-state index contributed by atoms with van der Waals surface area (Å²) in [6, 6.07) is 9.35. The first-order chi connectivity index (χ1) is 8.15. The average Bonchev–Trinajstić information content (AvgIpc) is 2.35. The van der Waals surface area contributed by atoms with Crippen LogP contribution in [0.15, 0.2) is 30.3 Å². The molecule has 0 fully saturated rings. The molecule has 1 unspecified atom stereocenters. The number of hydrogen-bond acceptors (Lipinski definition) is 3. The predicted octanol–water partition coefficient (Wildman–Crippen LogP) is 3.23. The minimum atomic E-state index is -1.08. The van der Waals surface area contributed by atoms with E-state index in [0.29, 0.717) is 6.42 Å². The van der Waals surface area contributed by atoms with Gasteiger partial charge in [0.1, 0.15) is 6.10 Å². The fourth-order valence-electron chi connectivity index (χ4n) is 1.53. The monoisotopic (exact) mass is 254 g/mol. The zero-order chi connectivity index (χ0) is 12.7. The van der Waals surface area contributed by atoms with E-state index in [9.17, 15) is 9.59 Å². The quantitative estimate of drug-likeness (QED) is 0.445. The zero-order valence-corrected chi connectivity index (χ0v) is 10.4. The van der Waals surface area contributed by atoms with Crippen molar-refractivity contribution >= 4 is 22.8 Å². The first-order valence-corrected chi connectivity index (χ1v) is 5.98. The largest absolute Gasteiger partial charge is 0.451 e. The summed E-state index contributed by atoms with van der Waals surface area (Å²) in [6.07, 6.45) is 2.21. The molecule has 0 aliphatic rings. The van der Waals surface area contributed by atoms with Crippen LogP contribution in [0, 0.1) is 0 Å². The van der Waals surface area contributed by atoms with Crippen LogP contribution in [0.3, 0.4) is 0 Å². The van der Waals surface area contributed by atoms with Crippen LogP contribution < -0.4 is 0 Å². The van der Waals surface area contributed by atoms with Gasteiger partial charge in [0, 0.05) is 0 Å². The number of hydrogen-bond donors (Lipinski definition) is 0. The zero-order valence-electron chi connectivity index (χ0n) is 9.69. The van der Waals surface area contributed by atoms with E-state index in [2.05, 4.69) is 6.92 Å². The Bertz CT molecular complexity index is 376. The van der Waals surface area contributed by atoms with Crippen molar-refractivity contribution in [3.8, 4) is 0 Å². The number of carbonyl (C=O) groups excluding carboxylic acids is 2. The van der Waals surface area contributed by atoms with Crippen molar-refractivity contribution in [1.29, 1.82) is 0 Å². The lowest BCUT2D eigenvalue weighted by Gasteiger charge is -2.16. The van der Waals surface area contributed by atoms with Gasteiger partial charge in [-0.25, -0.2) is 4.79 Å². The molecule has 0 bridgehead atoms. The third-order valence-electron chi connectivity index (χ3n) is 2.40. The summed E-state index contributed by atoms with van der Waals surface area (Å²) in [5.41, 5.74) is 0.882. The number of ether oxygens (including phenoxy) is 1. The van der Waals surface area contributed by atoms with E-state index in [-0.39, 0.29) is 0 Å². The topological polar surface area (TPSA) is 43.4 Å². The van der Waals surface area contributed by atoms with Crippen LogP contribution in [-0.2, 0) is 14.3 Å². The van der Waals surface area contributed by atoms with Crippen molar-refractivity contribution < 1.29 is 14.3 Å². The summed E-state index contributed by atoms with van der Waals surface area (Å²) in [4.78, 5) is 21.9. The van der Waals surface area contributed by atoms with E-state index in [1.165, 1.54) is 0 Å². The number of benzene rings is 1. The van der Waals surface area contributed by atoms with Gasteiger partial charge in [0.25, 0.3) is 0 Å². The molecule has 0 heterocycles. The summed E-state index contributed by atoms with van der Waals surface area (Å²) in [7, 11) is 0. The molecule has 0 aromatic heterocycles. The van der Waals surface area contributed by atoms with Gasteiger partial charge in [0.2, 0.25) is 0 Å². The summed E-state index contributed by atoms with van der Waals surface area (Å²) < 4.78 is 5.08. The number of unbranched alkanes of at least 4 members (excludes halogenated alkanes) is 1. The van der Waals surface area contributed by atoms with Gasteiger partial charge >= 0.3 is 11.2 Å². The van der Waals surface area contributed by atoms with E-state index < -0.39 is 17.3 Å². The third kappa shape index (κ3) is 4.57. The first-order valence-electron chi connectivity index (χ1n) is 5.60. The minimum Gasteiger partial charge on any atom is -0.451 e. The second kappa shape index (κ2) is 7.07. The molecule has 0 saturated carbocycles. The van der Waals surface area contributed by atoms with Crippen LogP contribution >= 0.6 is 11.6 Å².